The number of thioether (sulfide) groups is 1. The van der Waals surface area contributed by atoms with Crippen LogP contribution in [0.2, 0.25) is 0 Å². The van der Waals surface area contributed by atoms with Crippen LogP contribution in [0, 0.1) is 0 Å². The molecular formula is C14H27IN4OS2. The van der Waals surface area contributed by atoms with Crippen molar-refractivity contribution in [2.75, 3.05) is 39.1 Å². The van der Waals surface area contributed by atoms with Crippen LogP contribution in [-0.2, 0) is 4.74 Å². The molecule has 1 heterocycles. The summed E-state index contributed by atoms with van der Waals surface area (Å²) >= 11 is 3.50. The molecule has 0 aliphatic carbocycles. The minimum atomic E-state index is 0. The number of rotatable bonds is 11. The Morgan fingerprint density at radius 2 is 2.09 bits per heavy atom. The number of hydrogen-bond donors (Lipinski definition) is 2. The molecule has 0 fully saturated rings. The molecule has 0 bridgehead atoms. The van der Waals surface area contributed by atoms with Gasteiger partial charge in [-0.05, 0) is 26.2 Å². The molecule has 2 N–H and O–H groups in total. The van der Waals surface area contributed by atoms with Gasteiger partial charge in [0.15, 0.2) is 5.96 Å². The van der Waals surface area contributed by atoms with Crippen molar-refractivity contribution < 1.29 is 4.74 Å². The van der Waals surface area contributed by atoms with E-state index in [2.05, 4.69) is 20.6 Å². The number of unbranched alkanes of at least 4 members (excludes halogenated alkanes) is 1. The van der Waals surface area contributed by atoms with Crippen molar-refractivity contribution in [2.45, 2.75) is 30.5 Å². The Morgan fingerprint density at radius 1 is 1.32 bits per heavy atom. The Labute approximate surface area is 159 Å². The third-order valence-electron chi connectivity index (χ3n) is 2.68. The summed E-state index contributed by atoms with van der Waals surface area (Å²) in [5.74, 6) is 1.96. The Bertz CT molecular complexity index is 377. The van der Waals surface area contributed by atoms with Crippen molar-refractivity contribution in [1.82, 2.24) is 15.6 Å². The van der Waals surface area contributed by atoms with Gasteiger partial charge in [0, 0.05) is 50.7 Å². The van der Waals surface area contributed by atoms with E-state index >= 15 is 0 Å². The topological polar surface area (TPSA) is 58.5 Å². The first kappa shape index (κ1) is 21.9. The first-order valence-electron chi connectivity index (χ1n) is 7.41. The van der Waals surface area contributed by atoms with E-state index in [0.717, 1.165) is 61.6 Å². The van der Waals surface area contributed by atoms with Crippen LogP contribution in [0.25, 0.3) is 0 Å². The molecule has 0 aliphatic rings. The van der Waals surface area contributed by atoms with Gasteiger partial charge in [-0.15, -0.1) is 35.3 Å². The van der Waals surface area contributed by atoms with Crippen LogP contribution in [0.4, 0.5) is 0 Å². The van der Waals surface area contributed by atoms with E-state index in [1.807, 2.05) is 30.3 Å². The fraction of sp³-hybridized carbons (Fsp3) is 0.714. The number of aromatic nitrogens is 1. The van der Waals surface area contributed by atoms with Crippen molar-refractivity contribution in [2.24, 2.45) is 4.99 Å². The summed E-state index contributed by atoms with van der Waals surface area (Å²) in [7, 11) is 1.81. The number of nitrogens with one attached hydrogen (secondary N) is 2. The monoisotopic (exact) mass is 458 g/mol. The molecule has 22 heavy (non-hydrogen) atoms. The Morgan fingerprint density at radius 3 is 2.73 bits per heavy atom. The zero-order chi connectivity index (χ0) is 15.2. The first-order chi connectivity index (χ1) is 10.4. The van der Waals surface area contributed by atoms with Crippen LogP contribution < -0.4 is 10.6 Å². The third-order valence-corrected chi connectivity index (χ3v) is 4.74. The van der Waals surface area contributed by atoms with Gasteiger partial charge in [0.25, 0.3) is 0 Å². The normalized spacial score (nSPS) is 11.1. The van der Waals surface area contributed by atoms with Crippen molar-refractivity contribution in [3.05, 3.63) is 11.6 Å². The summed E-state index contributed by atoms with van der Waals surface area (Å²) in [5, 5.41) is 8.66. The zero-order valence-electron chi connectivity index (χ0n) is 13.3. The lowest BCUT2D eigenvalue weighted by Gasteiger charge is -2.11. The highest BCUT2D eigenvalue weighted by Crippen LogP contribution is 2.20. The van der Waals surface area contributed by atoms with E-state index in [1.165, 1.54) is 0 Å². The van der Waals surface area contributed by atoms with Crippen LogP contribution in [0.15, 0.2) is 20.9 Å². The average molecular weight is 458 g/mol. The molecule has 1 aromatic heterocycles. The molecule has 0 amide bonds. The lowest BCUT2D eigenvalue weighted by Crippen LogP contribution is -2.38. The van der Waals surface area contributed by atoms with Gasteiger partial charge >= 0.3 is 0 Å². The second-order valence-electron chi connectivity index (χ2n) is 4.33. The molecule has 0 spiro atoms. The second kappa shape index (κ2) is 15.8. The predicted molar refractivity (Wildman–Crippen MR) is 108 cm³/mol. The van der Waals surface area contributed by atoms with Crippen molar-refractivity contribution >= 4 is 53.0 Å². The maximum Gasteiger partial charge on any atom is 0.190 e. The second-order valence-corrected chi connectivity index (χ2v) is 6.57. The van der Waals surface area contributed by atoms with E-state index in [0.29, 0.717) is 0 Å². The highest BCUT2D eigenvalue weighted by Gasteiger charge is 1.98. The summed E-state index contributed by atoms with van der Waals surface area (Å²) in [6.07, 6.45) is 5.13. The van der Waals surface area contributed by atoms with Gasteiger partial charge in [-0.25, -0.2) is 4.98 Å². The maximum absolute atomic E-state index is 5.31. The van der Waals surface area contributed by atoms with E-state index < -0.39 is 0 Å². The fourth-order valence-corrected chi connectivity index (χ4v) is 3.27. The van der Waals surface area contributed by atoms with Gasteiger partial charge in [-0.2, -0.15) is 0 Å². The van der Waals surface area contributed by atoms with Crippen molar-refractivity contribution in [1.29, 1.82) is 0 Å². The molecule has 5 nitrogen and oxygen atoms in total. The van der Waals surface area contributed by atoms with E-state index in [1.54, 1.807) is 18.4 Å². The molecule has 0 radical (unpaired) electrons. The number of nitrogens with zero attached hydrogens (tertiary/aromatic N) is 2. The molecule has 0 saturated heterocycles. The number of aliphatic imine (C=N–C) groups is 1. The summed E-state index contributed by atoms with van der Waals surface area (Å²) in [6.45, 7) is 5.53. The van der Waals surface area contributed by atoms with Gasteiger partial charge in [0.2, 0.25) is 0 Å². The highest BCUT2D eigenvalue weighted by molar-refractivity contribution is 14.0. The highest BCUT2D eigenvalue weighted by atomic mass is 127. The molecule has 0 atom stereocenters. The number of thiazole rings is 1. The van der Waals surface area contributed by atoms with Crippen LogP contribution in [0.1, 0.15) is 26.2 Å². The smallest absolute Gasteiger partial charge is 0.190 e. The zero-order valence-corrected chi connectivity index (χ0v) is 17.3. The van der Waals surface area contributed by atoms with E-state index in [-0.39, 0.29) is 24.0 Å². The average Bonchev–Trinajstić information content (AvgIpc) is 3.01. The van der Waals surface area contributed by atoms with Crippen LogP contribution in [0.5, 0.6) is 0 Å². The van der Waals surface area contributed by atoms with Gasteiger partial charge in [-0.3, -0.25) is 4.99 Å². The molecule has 0 aromatic carbocycles. The van der Waals surface area contributed by atoms with E-state index in [9.17, 15) is 0 Å². The van der Waals surface area contributed by atoms with E-state index in [4.69, 9.17) is 4.74 Å². The standard InChI is InChI=1S/C14H26N4OS2.HI/c1-3-19-10-5-4-7-16-13(15-2)17-8-6-11-20-14-18-9-12-21-14;/h9,12H,3-8,10-11H2,1-2H3,(H2,15,16,17);1H. The first-order valence-corrected chi connectivity index (χ1v) is 9.28. The molecule has 0 saturated carbocycles. The van der Waals surface area contributed by atoms with Crippen molar-refractivity contribution in [3.8, 4) is 0 Å². The lowest BCUT2D eigenvalue weighted by molar-refractivity contribution is 0.143. The SMILES string of the molecule is CCOCCCCNC(=NC)NCCCSc1nccs1.I. The fourth-order valence-electron chi connectivity index (χ4n) is 1.62. The van der Waals surface area contributed by atoms with Gasteiger partial charge in [0.1, 0.15) is 4.34 Å². The minimum Gasteiger partial charge on any atom is -0.382 e. The molecule has 1 aromatic rings. The molecule has 0 aliphatic heterocycles. The quantitative estimate of drug-likeness (QED) is 0.175. The molecule has 128 valence electrons. The summed E-state index contributed by atoms with van der Waals surface area (Å²) < 4.78 is 6.45. The molecular weight excluding hydrogens is 431 g/mol. The third kappa shape index (κ3) is 11.5. The minimum absolute atomic E-state index is 0. The van der Waals surface area contributed by atoms with Crippen LogP contribution in [-0.4, -0.2) is 50.0 Å². The summed E-state index contributed by atoms with van der Waals surface area (Å²) in [5.41, 5.74) is 0. The van der Waals surface area contributed by atoms with Crippen LogP contribution in [0.3, 0.4) is 0 Å². The van der Waals surface area contributed by atoms with Gasteiger partial charge < -0.3 is 15.4 Å². The molecule has 0 unspecified atom stereocenters. The van der Waals surface area contributed by atoms with Gasteiger partial charge in [-0.1, -0.05) is 11.8 Å². The predicted octanol–water partition coefficient (Wildman–Crippen LogP) is 3.23. The number of halogens is 1. The Hall–Kier alpha value is -0.0600. The Balaban J connectivity index is 0.00000441. The molecule has 8 heteroatoms. The summed E-state index contributed by atoms with van der Waals surface area (Å²) in [6, 6.07) is 0. The number of ether oxygens (including phenoxy) is 1. The number of guanidine groups is 1. The lowest BCUT2D eigenvalue weighted by atomic mass is 10.3. The van der Waals surface area contributed by atoms with Gasteiger partial charge in [0.05, 0.1) is 0 Å². The maximum atomic E-state index is 5.31. The Kier molecular flexibility index (Phi) is 15.8. The largest absolute Gasteiger partial charge is 0.382 e. The van der Waals surface area contributed by atoms with Crippen molar-refractivity contribution in [3.63, 3.8) is 0 Å². The van der Waals surface area contributed by atoms with Crippen LogP contribution >= 0.6 is 47.1 Å². The number of hydrogen-bond acceptors (Lipinski definition) is 5. The summed E-state index contributed by atoms with van der Waals surface area (Å²) in [4.78, 5) is 8.47. The molecule has 1 rings (SSSR count).